The van der Waals surface area contributed by atoms with Crippen molar-refractivity contribution in [2.75, 3.05) is 6.54 Å². The average Bonchev–Trinajstić information content (AvgIpc) is 2.89. The first-order chi connectivity index (χ1) is 14.1. The number of imide groups is 1. The maximum atomic E-state index is 12.7. The molecule has 11 heteroatoms. The molecule has 0 radical (unpaired) electrons. The topological polar surface area (TPSA) is 143 Å². The zero-order chi connectivity index (χ0) is 24.0. The van der Waals surface area contributed by atoms with Crippen molar-refractivity contribution in [1.29, 1.82) is 0 Å². The van der Waals surface area contributed by atoms with E-state index in [9.17, 15) is 29.1 Å². The van der Waals surface area contributed by atoms with Gasteiger partial charge in [-0.3, -0.25) is 9.59 Å². The van der Waals surface area contributed by atoms with E-state index in [4.69, 9.17) is 9.47 Å². The van der Waals surface area contributed by atoms with E-state index in [1.54, 1.807) is 41.5 Å². The van der Waals surface area contributed by atoms with Crippen LogP contribution in [0.3, 0.4) is 0 Å². The summed E-state index contributed by atoms with van der Waals surface area (Å²) in [6, 6.07) is -1.48. The number of unbranched alkanes of at least 4 members (excludes halogenated alkanes) is 1. The zero-order valence-corrected chi connectivity index (χ0v) is 19.0. The standard InChI is InChI=1S/C20H33N3O8/c1-19(2,3)30-17(28)21-12-8-7-9-13(16(26)27)22(18(29)31-20(4,5)6)23-14(24)10-11-15(23)25/h13H,7-12H2,1-6H3,(H,21,28)(H,26,27)/t13-/m0/s1. The van der Waals surface area contributed by atoms with Gasteiger partial charge >= 0.3 is 18.2 Å². The Bertz CT molecular complexity index is 692. The molecule has 11 nitrogen and oxygen atoms in total. The lowest BCUT2D eigenvalue weighted by atomic mass is 10.1. The summed E-state index contributed by atoms with van der Waals surface area (Å²) in [6.45, 7) is 10.2. The number of ether oxygens (including phenoxy) is 2. The highest BCUT2D eigenvalue weighted by Gasteiger charge is 2.44. The molecular formula is C20H33N3O8. The van der Waals surface area contributed by atoms with Gasteiger partial charge in [-0.15, -0.1) is 0 Å². The summed E-state index contributed by atoms with van der Waals surface area (Å²) in [5.41, 5.74) is -1.59. The molecule has 0 aromatic carbocycles. The van der Waals surface area contributed by atoms with Crippen LogP contribution in [0.25, 0.3) is 0 Å². The molecule has 1 fully saturated rings. The Morgan fingerprint density at radius 1 is 1.00 bits per heavy atom. The summed E-state index contributed by atoms with van der Waals surface area (Å²) >= 11 is 0. The van der Waals surface area contributed by atoms with Crippen molar-refractivity contribution in [1.82, 2.24) is 15.3 Å². The number of carbonyl (C=O) groups is 5. The minimum atomic E-state index is -1.48. The van der Waals surface area contributed by atoms with Crippen LogP contribution in [0.2, 0.25) is 0 Å². The largest absolute Gasteiger partial charge is 0.480 e. The van der Waals surface area contributed by atoms with Crippen molar-refractivity contribution in [3.8, 4) is 0 Å². The summed E-state index contributed by atoms with van der Waals surface area (Å²) in [6.07, 6.45) is -1.26. The van der Waals surface area contributed by atoms with Gasteiger partial charge in [-0.05, 0) is 60.8 Å². The van der Waals surface area contributed by atoms with Gasteiger partial charge in [0, 0.05) is 19.4 Å². The van der Waals surface area contributed by atoms with Crippen LogP contribution in [0.1, 0.15) is 73.6 Å². The fourth-order valence-electron chi connectivity index (χ4n) is 2.78. The molecule has 1 rings (SSSR count). The van der Waals surface area contributed by atoms with Crippen molar-refractivity contribution >= 4 is 30.0 Å². The molecule has 0 bridgehead atoms. The molecule has 31 heavy (non-hydrogen) atoms. The number of hydrogen-bond donors (Lipinski definition) is 2. The van der Waals surface area contributed by atoms with E-state index in [2.05, 4.69) is 5.32 Å². The maximum absolute atomic E-state index is 12.7. The van der Waals surface area contributed by atoms with Crippen LogP contribution in [0.4, 0.5) is 9.59 Å². The van der Waals surface area contributed by atoms with Gasteiger partial charge in [0.05, 0.1) is 0 Å². The van der Waals surface area contributed by atoms with Crippen LogP contribution in [0.5, 0.6) is 0 Å². The van der Waals surface area contributed by atoms with Crippen LogP contribution in [-0.2, 0) is 23.9 Å². The van der Waals surface area contributed by atoms with E-state index in [1.165, 1.54) is 0 Å². The Hall–Kier alpha value is -2.85. The Morgan fingerprint density at radius 3 is 1.97 bits per heavy atom. The highest BCUT2D eigenvalue weighted by molar-refractivity contribution is 6.03. The number of hydrazine groups is 1. The van der Waals surface area contributed by atoms with E-state index < -0.39 is 47.2 Å². The predicted molar refractivity (Wildman–Crippen MR) is 109 cm³/mol. The fourth-order valence-corrected chi connectivity index (χ4v) is 2.78. The third-order valence-corrected chi connectivity index (χ3v) is 3.97. The molecule has 1 aliphatic rings. The van der Waals surface area contributed by atoms with Crippen molar-refractivity contribution < 1.29 is 38.6 Å². The normalized spacial score (nSPS) is 15.5. The van der Waals surface area contributed by atoms with E-state index in [-0.39, 0.29) is 25.8 Å². The lowest BCUT2D eigenvalue weighted by Gasteiger charge is -2.35. The number of alkyl carbamates (subject to hydrolysis) is 1. The molecule has 0 saturated carbocycles. The van der Waals surface area contributed by atoms with Crippen LogP contribution < -0.4 is 5.32 Å². The lowest BCUT2D eigenvalue weighted by Crippen LogP contribution is -2.58. The number of carboxylic acid groups (broad SMARTS) is 1. The summed E-state index contributed by atoms with van der Waals surface area (Å²) < 4.78 is 10.4. The number of amides is 4. The molecule has 0 spiro atoms. The molecule has 0 aromatic heterocycles. The second kappa shape index (κ2) is 10.5. The fraction of sp³-hybridized carbons (Fsp3) is 0.750. The Balaban J connectivity index is 2.84. The van der Waals surface area contributed by atoms with Gasteiger partial charge in [0.15, 0.2) is 6.04 Å². The zero-order valence-electron chi connectivity index (χ0n) is 19.0. The Kier molecular flexibility index (Phi) is 8.83. The van der Waals surface area contributed by atoms with E-state index >= 15 is 0 Å². The molecule has 2 N–H and O–H groups in total. The Morgan fingerprint density at radius 2 is 1.52 bits per heavy atom. The minimum absolute atomic E-state index is 0.0539. The van der Waals surface area contributed by atoms with Crippen molar-refractivity contribution in [3.63, 3.8) is 0 Å². The number of carboxylic acids is 1. The van der Waals surface area contributed by atoms with Gasteiger partial charge in [0.1, 0.15) is 11.2 Å². The van der Waals surface area contributed by atoms with Gasteiger partial charge in [0.2, 0.25) is 11.8 Å². The second-order valence-electron chi connectivity index (χ2n) is 9.20. The molecule has 4 amide bonds. The third-order valence-electron chi connectivity index (χ3n) is 3.97. The number of carbonyl (C=O) groups excluding carboxylic acids is 4. The molecular weight excluding hydrogens is 410 g/mol. The van der Waals surface area contributed by atoms with Gasteiger partial charge in [-0.25, -0.2) is 14.4 Å². The number of rotatable bonds is 8. The minimum Gasteiger partial charge on any atom is -0.480 e. The van der Waals surface area contributed by atoms with E-state index in [0.29, 0.717) is 22.9 Å². The second-order valence-corrected chi connectivity index (χ2v) is 9.20. The number of nitrogens with one attached hydrogen (secondary N) is 1. The van der Waals surface area contributed by atoms with Crippen molar-refractivity contribution in [2.24, 2.45) is 0 Å². The number of hydrogen-bond acceptors (Lipinski definition) is 7. The number of nitrogens with zero attached hydrogens (tertiary/aromatic N) is 2. The van der Waals surface area contributed by atoms with Crippen molar-refractivity contribution in [2.45, 2.75) is 90.9 Å². The van der Waals surface area contributed by atoms with Crippen LogP contribution in [0, 0.1) is 0 Å². The number of aliphatic carboxylic acids is 1. The summed E-state index contributed by atoms with van der Waals surface area (Å²) in [5, 5.41) is 13.4. The lowest BCUT2D eigenvalue weighted by molar-refractivity contribution is -0.167. The van der Waals surface area contributed by atoms with E-state index in [1.807, 2.05) is 0 Å². The molecule has 1 atom stereocenters. The molecule has 1 aliphatic heterocycles. The molecule has 176 valence electrons. The quantitative estimate of drug-likeness (QED) is 0.430. The third kappa shape index (κ3) is 8.81. The highest BCUT2D eigenvalue weighted by atomic mass is 16.6. The molecule has 1 saturated heterocycles. The van der Waals surface area contributed by atoms with Gasteiger partial charge in [-0.1, -0.05) is 0 Å². The summed E-state index contributed by atoms with van der Waals surface area (Å²) in [5.74, 6) is -2.69. The molecule has 0 aromatic rings. The van der Waals surface area contributed by atoms with Crippen LogP contribution >= 0.6 is 0 Å². The smallest absolute Gasteiger partial charge is 0.430 e. The first kappa shape index (κ1) is 26.2. The predicted octanol–water partition coefficient (Wildman–Crippen LogP) is 2.44. The average molecular weight is 443 g/mol. The van der Waals surface area contributed by atoms with Gasteiger partial charge in [0.25, 0.3) is 0 Å². The van der Waals surface area contributed by atoms with Crippen LogP contribution in [-0.4, -0.2) is 68.9 Å². The van der Waals surface area contributed by atoms with Gasteiger partial charge < -0.3 is 19.9 Å². The maximum Gasteiger partial charge on any atom is 0.430 e. The first-order valence-corrected chi connectivity index (χ1v) is 10.2. The first-order valence-electron chi connectivity index (χ1n) is 10.2. The van der Waals surface area contributed by atoms with Gasteiger partial charge in [-0.2, -0.15) is 10.0 Å². The highest BCUT2D eigenvalue weighted by Crippen LogP contribution is 2.23. The molecule has 1 heterocycles. The van der Waals surface area contributed by atoms with Crippen molar-refractivity contribution in [3.05, 3.63) is 0 Å². The monoisotopic (exact) mass is 443 g/mol. The molecule has 0 unspecified atom stereocenters. The van der Waals surface area contributed by atoms with Crippen LogP contribution in [0.15, 0.2) is 0 Å². The SMILES string of the molecule is CC(C)(C)OC(=O)NCCCC[C@@H](C(=O)O)N(C(=O)OC(C)(C)C)N1C(=O)CCC1=O. The van der Waals surface area contributed by atoms with E-state index in [0.717, 1.165) is 0 Å². The summed E-state index contributed by atoms with van der Waals surface area (Å²) in [4.78, 5) is 60.7. The summed E-state index contributed by atoms with van der Waals surface area (Å²) in [7, 11) is 0. The Labute approximate surface area is 182 Å². The molecule has 0 aliphatic carbocycles.